The lowest BCUT2D eigenvalue weighted by Gasteiger charge is -2.20. The van der Waals surface area contributed by atoms with Crippen LogP contribution in [0, 0.1) is 5.41 Å². The van der Waals surface area contributed by atoms with Crippen LogP contribution in [0.1, 0.15) is 20.8 Å². The van der Waals surface area contributed by atoms with Gasteiger partial charge < -0.3 is 15.0 Å². The van der Waals surface area contributed by atoms with E-state index in [1.807, 2.05) is 32.7 Å². The van der Waals surface area contributed by atoms with Crippen LogP contribution in [0.3, 0.4) is 0 Å². The first kappa shape index (κ1) is 18.7. The zero-order valence-corrected chi connectivity index (χ0v) is 14.6. The summed E-state index contributed by atoms with van der Waals surface area (Å²) in [5.41, 5.74) is 2.06. The Bertz CT molecular complexity index is 588. The van der Waals surface area contributed by atoms with E-state index in [4.69, 9.17) is 10.1 Å². The van der Waals surface area contributed by atoms with Crippen molar-refractivity contribution in [3.05, 3.63) is 18.5 Å². The molecule has 23 heavy (non-hydrogen) atoms. The quantitative estimate of drug-likeness (QED) is 0.450. The number of nitrogens with zero attached hydrogens (tertiary/aromatic N) is 4. The fourth-order valence-electron chi connectivity index (χ4n) is 1.45. The molecule has 0 fully saturated rings. The molecule has 0 saturated heterocycles. The molecule has 1 amide bonds. The Balaban J connectivity index is 2.51. The number of hydrogen-bond acceptors (Lipinski definition) is 7. The third kappa shape index (κ3) is 6.50. The zero-order valence-electron chi connectivity index (χ0n) is 13.8. The lowest BCUT2D eigenvalue weighted by atomic mass is 10.2. The highest BCUT2D eigenvalue weighted by atomic mass is 32.1. The van der Waals surface area contributed by atoms with Crippen LogP contribution in [0.25, 0.3) is 0 Å². The van der Waals surface area contributed by atoms with Gasteiger partial charge in [0.15, 0.2) is 0 Å². The Morgan fingerprint density at radius 1 is 1.57 bits per heavy atom. The molecule has 0 atom stereocenters. The molecule has 0 spiro atoms. The second-order valence-electron chi connectivity index (χ2n) is 5.60. The summed E-state index contributed by atoms with van der Waals surface area (Å²) in [5, 5.41) is 10.7. The molecule has 0 unspecified atom stereocenters. The van der Waals surface area contributed by atoms with Gasteiger partial charge in [-0.3, -0.25) is 10.3 Å². The van der Waals surface area contributed by atoms with E-state index < -0.39 is 11.7 Å². The molecule has 1 aromatic rings. The maximum atomic E-state index is 11.6. The van der Waals surface area contributed by atoms with Gasteiger partial charge in [0.05, 0.1) is 12.5 Å². The first-order valence-electron chi connectivity index (χ1n) is 6.93. The first-order valence-corrected chi connectivity index (χ1v) is 7.70. The average molecular weight is 338 g/mol. The van der Waals surface area contributed by atoms with Gasteiger partial charge in [-0.2, -0.15) is 9.36 Å². The molecule has 8 nitrogen and oxygen atoms in total. The predicted octanol–water partition coefficient (Wildman–Crippen LogP) is 2.21. The van der Waals surface area contributed by atoms with E-state index in [2.05, 4.69) is 27.0 Å². The Labute approximate surface area is 140 Å². The van der Waals surface area contributed by atoms with Crippen LogP contribution in [-0.2, 0) is 4.74 Å². The number of rotatable bonds is 7. The fourth-order valence-corrected chi connectivity index (χ4v) is 2.11. The summed E-state index contributed by atoms with van der Waals surface area (Å²) >= 11 is 1.20. The number of ether oxygens (including phenoxy) is 1. The predicted molar refractivity (Wildman–Crippen MR) is 92.4 cm³/mol. The molecule has 1 heterocycles. The maximum Gasteiger partial charge on any atom is 0.407 e. The van der Waals surface area contributed by atoms with E-state index in [0.717, 1.165) is 6.34 Å². The van der Waals surface area contributed by atoms with Crippen LogP contribution in [0.5, 0.6) is 0 Å². The van der Waals surface area contributed by atoms with E-state index in [1.54, 1.807) is 0 Å². The van der Waals surface area contributed by atoms with Gasteiger partial charge in [-0.15, -0.1) is 5.73 Å². The van der Waals surface area contributed by atoms with E-state index in [0.29, 0.717) is 24.2 Å². The van der Waals surface area contributed by atoms with Crippen LogP contribution in [0.15, 0.2) is 18.5 Å². The van der Waals surface area contributed by atoms with E-state index >= 15 is 0 Å². The van der Waals surface area contributed by atoms with Gasteiger partial charge in [0.2, 0.25) is 11.1 Å². The van der Waals surface area contributed by atoms with Crippen LogP contribution in [-0.4, -0.2) is 47.5 Å². The highest BCUT2D eigenvalue weighted by Gasteiger charge is 2.16. The molecular formula is C14H22N6O2S. The number of likely N-dealkylation sites (N-methyl/N-ethyl adjacent to an activating group) is 1. The molecule has 9 heteroatoms. The minimum Gasteiger partial charge on any atom is -0.444 e. The van der Waals surface area contributed by atoms with Gasteiger partial charge >= 0.3 is 6.09 Å². The first-order chi connectivity index (χ1) is 10.8. The largest absolute Gasteiger partial charge is 0.444 e. The van der Waals surface area contributed by atoms with Crippen molar-refractivity contribution in [2.75, 3.05) is 29.9 Å². The normalized spacial score (nSPS) is 10.4. The maximum absolute atomic E-state index is 11.6. The summed E-state index contributed by atoms with van der Waals surface area (Å²) in [7, 11) is 1.85. The molecular weight excluding hydrogens is 316 g/mol. The summed E-state index contributed by atoms with van der Waals surface area (Å²) in [5.74, 6) is 0.378. The Morgan fingerprint density at radius 2 is 2.26 bits per heavy atom. The number of aromatic nitrogens is 2. The number of carbonyl (C=O) groups is 1. The Kier molecular flexibility index (Phi) is 6.74. The minimum atomic E-state index is -0.515. The van der Waals surface area contributed by atoms with E-state index in [9.17, 15) is 4.79 Å². The molecule has 2 N–H and O–H groups in total. The molecule has 1 rings (SSSR count). The molecule has 0 bridgehead atoms. The lowest BCUT2D eigenvalue weighted by molar-refractivity contribution is 0.0529. The summed E-state index contributed by atoms with van der Waals surface area (Å²) in [6.07, 6.45) is 2.10. The highest BCUT2D eigenvalue weighted by Crippen LogP contribution is 2.20. The van der Waals surface area contributed by atoms with Crippen molar-refractivity contribution >= 4 is 35.0 Å². The van der Waals surface area contributed by atoms with Crippen molar-refractivity contribution in [1.82, 2.24) is 14.7 Å². The number of amides is 1. The fraction of sp³-hybridized carbons (Fsp3) is 0.500. The zero-order chi connectivity index (χ0) is 17.5. The molecule has 0 aliphatic heterocycles. The molecule has 0 saturated carbocycles. The molecule has 0 radical (unpaired) electrons. The van der Waals surface area contributed by atoms with Crippen molar-refractivity contribution in [3.63, 3.8) is 0 Å². The lowest BCUT2D eigenvalue weighted by Crippen LogP contribution is -2.37. The van der Waals surface area contributed by atoms with E-state index in [1.165, 1.54) is 22.6 Å². The van der Waals surface area contributed by atoms with Gasteiger partial charge in [0.25, 0.3) is 0 Å². The van der Waals surface area contributed by atoms with Crippen LogP contribution >= 0.6 is 11.5 Å². The van der Waals surface area contributed by atoms with Gasteiger partial charge in [-0.05, 0) is 20.8 Å². The molecule has 0 aliphatic carbocycles. The number of anilines is 2. The number of carbonyl (C=O) groups excluding carboxylic acids is 1. The van der Waals surface area contributed by atoms with Gasteiger partial charge in [-0.1, -0.05) is 6.58 Å². The third-order valence-corrected chi connectivity index (χ3v) is 3.27. The Hall–Kier alpha value is -2.38. The summed E-state index contributed by atoms with van der Waals surface area (Å²) in [6, 6.07) is 0. The summed E-state index contributed by atoms with van der Waals surface area (Å²) in [6.45, 7) is 9.87. The van der Waals surface area contributed by atoms with Gasteiger partial charge in [0, 0.05) is 31.7 Å². The highest BCUT2D eigenvalue weighted by molar-refractivity contribution is 7.09. The van der Waals surface area contributed by atoms with Crippen LogP contribution < -0.4 is 15.1 Å². The van der Waals surface area contributed by atoms with Crippen molar-refractivity contribution in [2.45, 2.75) is 26.4 Å². The summed E-state index contributed by atoms with van der Waals surface area (Å²) in [4.78, 5) is 19.1. The van der Waals surface area contributed by atoms with Crippen LogP contribution in [0.4, 0.5) is 15.9 Å². The second kappa shape index (κ2) is 8.30. The van der Waals surface area contributed by atoms with Crippen molar-refractivity contribution < 1.29 is 9.53 Å². The monoisotopic (exact) mass is 338 g/mol. The minimum absolute atomic E-state index is 0.378. The molecule has 0 aromatic carbocycles. The van der Waals surface area contributed by atoms with Gasteiger partial charge in [0.1, 0.15) is 5.60 Å². The second-order valence-corrected chi connectivity index (χ2v) is 6.33. The van der Waals surface area contributed by atoms with Crippen LogP contribution in [0.2, 0.25) is 0 Å². The molecule has 0 aliphatic rings. The average Bonchev–Trinajstić information content (AvgIpc) is 2.92. The van der Waals surface area contributed by atoms with E-state index in [-0.39, 0.29) is 0 Å². The van der Waals surface area contributed by atoms with Crippen molar-refractivity contribution in [2.24, 2.45) is 0 Å². The number of hydrogen-bond donors (Lipinski definition) is 2. The molecule has 1 aromatic heterocycles. The summed E-state index contributed by atoms with van der Waals surface area (Å²) < 4.78 is 9.33. The number of nitrogens with one attached hydrogen (secondary N) is 2. The number of alkyl carbamates (subject to hydrolysis) is 1. The Morgan fingerprint density at radius 3 is 2.83 bits per heavy atom. The van der Waals surface area contributed by atoms with Gasteiger partial charge in [-0.25, -0.2) is 4.79 Å². The van der Waals surface area contributed by atoms with Crippen molar-refractivity contribution in [3.8, 4) is 0 Å². The van der Waals surface area contributed by atoms with Crippen molar-refractivity contribution in [1.29, 1.82) is 5.41 Å². The standard InChI is InChI=1S/C14H22N6O2S/c1-6-8-20(10-15)11-17-12(23-18-11)19(5)9-7-16-13(21)22-14(2,3)4/h8,10,15H,1,7,9H2,2-5H3,(H,16,21). The smallest absolute Gasteiger partial charge is 0.407 e. The molecule has 126 valence electrons. The topological polar surface area (TPSA) is 94.4 Å². The SMILES string of the molecule is C=C=CN(C=N)c1nsc(N(C)CCNC(=O)OC(C)(C)C)n1. The third-order valence-electron chi connectivity index (χ3n) is 2.45.